The number of rotatable bonds is 6. The Morgan fingerprint density at radius 1 is 1.20 bits per heavy atom. The summed E-state index contributed by atoms with van der Waals surface area (Å²) in [5, 5.41) is 6.83. The van der Waals surface area contributed by atoms with Gasteiger partial charge in [0, 0.05) is 12.6 Å². The van der Waals surface area contributed by atoms with Gasteiger partial charge in [0.05, 0.1) is 6.26 Å². The van der Waals surface area contributed by atoms with E-state index in [2.05, 4.69) is 10.4 Å². The molecular weight excluding hydrogens is 325 g/mol. The Hall–Kier alpha value is -3.22. The number of carbonyl (C=O) groups is 1. The van der Waals surface area contributed by atoms with Gasteiger partial charge in [0.1, 0.15) is 18.1 Å². The fraction of sp³-hybridized carbons (Fsp3) is 0.167. The molecule has 3 aromatic rings. The molecule has 1 amide bonds. The predicted octanol–water partition coefficient (Wildman–Crippen LogP) is 2.00. The second-order valence-corrected chi connectivity index (χ2v) is 5.42. The molecule has 0 bridgehead atoms. The minimum atomic E-state index is -0.379. The minimum absolute atomic E-state index is 0.198. The molecule has 2 aromatic heterocycles. The molecule has 0 aliphatic rings. The summed E-state index contributed by atoms with van der Waals surface area (Å²) in [6.45, 7) is 0.144. The van der Waals surface area contributed by atoms with Crippen LogP contribution in [0.15, 0.2) is 64.0 Å². The molecule has 0 spiro atoms. The molecule has 6 nitrogen and oxygen atoms in total. The van der Waals surface area contributed by atoms with Crippen LogP contribution in [0.1, 0.15) is 5.56 Å². The minimum Gasteiger partial charge on any atom is -0.463 e. The van der Waals surface area contributed by atoms with Gasteiger partial charge in [-0.15, -0.1) is 0 Å². The summed E-state index contributed by atoms with van der Waals surface area (Å²) in [6.07, 6.45) is 2.00. The van der Waals surface area contributed by atoms with E-state index in [4.69, 9.17) is 4.42 Å². The first-order valence-corrected chi connectivity index (χ1v) is 7.75. The Morgan fingerprint density at radius 2 is 2.08 bits per heavy atom. The van der Waals surface area contributed by atoms with Gasteiger partial charge < -0.3 is 9.73 Å². The van der Waals surface area contributed by atoms with Crippen LogP contribution in [0.5, 0.6) is 0 Å². The zero-order valence-corrected chi connectivity index (χ0v) is 13.3. The second kappa shape index (κ2) is 7.57. The summed E-state index contributed by atoms with van der Waals surface area (Å²) in [5.74, 6) is -0.141. The van der Waals surface area contributed by atoms with Crippen LogP contribution >= 0.6 is 0 Å². The standard InChI is InChI=1S/C18H16FN3O3/c19-14-4-1-3-13(11-14)8-9-20-17(23)12-22-18(24)7-6-15(21-22)16-5-2-10-25-16/h1-7,10-11H,8-9,12H2,(H,20,23). The van der Waals surface area contributed by atoms with E-state index >= 15 is 0 Å². The molecule has 1 aromatic carbocycles. The van der Waals surface area contributed by atoms with Crippen molar-refractivity contribution < 1.29 is 13.6 Å². The number of hydrogen-bond donors (Lipinski definition) is 1. The van der Waals surface area contributed by atoms with Crippen molar-refractivity contribution in [2.75, 3.05) is 6.54 Å². The molecule has 0 fully saturated rings. The Kier molecular flexibility index (Phi) is 5.03. The fourth-order valence-corrected chi connectivity index (χ4v) is 2.35. The van der Waals surface area contributed by atoms with Gasteiger partial charge in [0.25, 0.3) is 5.56 Å². The molecule has 0 aliphatic heterocycles. The molecule has 0 saturated carbocycles. The first-order chi connectivity index (χ1) is 12.1. The van der Waals surface area contributed by atoms with Crippen LogP contribution < -0.4 is 10.9 Å². The molecular formula is C18H16FN3O3. The smallest absolute Gasteiger partial charge is 0.267 e. The Morgan fingerprint density at radius 3 is 2.84 bits per heavy atom. The highest BCUT2D eigenvalue weighted by molar-refractivity contribution is 5.75. The number of benzene rings is 1. The lowest BCUT2D eigenvalue weighted by Gasteiger charge is -2.07. The lowest BCUT2D eigenvalue weighted by molar-refractivity contribution is -0.121. The van der Waals surface area contributed by atoms with E-state index < -0.39 is 0 Å². The Bertz CT molecular complexity index is 919. The molecule has 0 radical (unpaired) electrons. The monoisotopic (exact) mass is 341 g/mol. The number of amides is 1. The summed E-state index contributed by atoms with van der Waals surface area (Å²) in [5.41, 5.74) is 0.878. The Labute approximate surface area is 142 Å². The third-order valence-corrected chi connectivity index (χ3v) is 3.56. The van der Waals surface area contributed by atoms with Gasteiger partial charge >= 0.3 is 0 Å². The van der Waals surface area contributed by atoms with Crippen LogP contribution in [0.3, 0.4) is 0 Å². The predicted molar refractivity (Wildman–Crippen MR) is 89.3 cm³/mol. The van der Waals surface area contributed by atoms with E-state index in [0.717, 1.165) is 10.2 Å². The van der Waals surface area contributed by atoms with E-state index in [0.29, 0.717) is 24.4 Å². The van der Waals surface area contributed by atoms with Crippen LogP contribution in [-0.2, 0) is 17.8 Å². The van der Waals surface area contributed by atoms with Gasteiger partial charge in [-0.2, -0.15) is 5.10 Å². The molecule has 3 rings (SSSR count). The molecule has 1 N–H and O–H groups in total. The van der Waals surface area contributed by atoms with Gasteiger partial charge in [0.2, 0.25) is 5.91 Å². The van der Waals surface area contributed by atoms with E-state index in [-0.39, 0.29) is 23.8 Å². The van der Waals surface area contributed by atoms with E-state index in [1.165, 1.54) is 24.5 Å². The van der Waals surface area contributed by atoms with Gasteiger partial charge in [-0.05, 0) is 42.3 Å². The molecule has 25 heavy (non-hydrogen) atoms. The van der Waals surface area contributed by atoms with Crippen LogP contribution in [0.25, 0.3) is 11.5 Å². The SMILES string of the molecule is O=C(Cn1nc(-c2ccco2)ccc1=O)NCCc1cccc(F)c1. The molecule has 0 aliphatic carbocycles. The normalized spacial score (nSPS) is 10.6. The Balaban J connectivity index is 1.59. The summed E-state index contributed by atoms with van der Waals surface area (Å²) >= 11 is 0. The van der Waals surface area contributed by atoms with Crippen molar-refractivity contribution in [1.82, 2.24) is 15.1 Å². The number of furan rings is 1. The van der Waals surface area contributed by atoms with Crippen LogP contribution in [-0.4, -0.2) is 22.2 Å². The summed E-state index contributed by atoms with van der Waals surface area (Å²) in [7, 11) is 0. The summed E-state index contributed by atoms with van der Waals surface area (Å²) in [6, 6.07) is 12.5. The van der Waals surface area contributed by atoms with Gasteiger partial charge in [-0.1, -0.05) is 12.1 Å². The van der Waals surface area contributed by atoms with Crippen molar-refractivity contribution in [2.45, 2.75) is 13.0 Å². The number of carbonyl (C=O) groups excluding carboxylic acids is 1. The van der Waals surface area contributed by atoms with Crippen molar-refractivity contribution in [2.24, 2.45) is 0 Å². The number of hydrogen-bond acceptors (Lipinski definition) is 4. The lowest BCUT2D eigenvalue weighted by Crippen LogP contribution is -2.34. The fourth-order valence-electron chi connectivity index (χ4n) is 2.35. The van der Waals surface area contributed by atoms with Crippen molar-refractivity contribution in [3.8, 4) is 11.5 Å². The molecule has 0 saturated heterocycles. The van der Waals surface area contributed by atoms with Crippen molar-refractivity contribution in [3.05, 3.63) is 76.5 Å². The molecule has 128 valence electrons. The molecule has 7 heteroatoms. The molecule has 0 atom stereocenters. The molecule has 2 heterocycles. The number of nitrogens with one attached hydrogen (secondary N) is 1. The van der Waals surface area contributed by atoms with Crippen LogP contribution in [0.2, 0.25) is 0 Å². The largest absolute Gasteiger partial charge is 0.463 e. The van der Waals surface area contributed by atoms with Gasteiger partial charge in [0.15, 0.2) is 5.76 Å². The number of aromatic nitrogens is 2. The average molecular weight is 341 g/mol. The topological polar surface area (TPSA) is 77.1 Å². The third-order valence-electron chi connectivity index (χ3n) is 3.56. The van der Waals surface area contributed by atoms with Gasteiger partial charge in [-0.25, -0.2) is 9.07 Å². The summed E-state index contributed by atoms with van der Waals surface area (Å²) < 4.78 is 19.4. The lowest BCUT2D eigenvalue weighted by atomic mass is 10.1. The maximum atomic E-state index is 13.1. The van der Waals surface area contributed by atoms with Gasteiger partial charge in [-0.3, -0.25) is 9.59 Å². The van der Waals surface area contributed by atoms with Crippen molar-refractivity contribution in [1.29, 1.82) is 0 Å². The zero-order valence-electron chi connectivity index (χ0n) is 13.3. The number of halogens is 1. The van der Waals surface area contributed by atoms with Crippen molar-refractivity contribution in [3.63, 3.8) is 0 Å². The van der Waals surface area contributed by atoms with E-state index in [1.807, 2.05) is 0 Å². The first kappa shape index (κ1) is 16.6. The highest BCUT2D eigenvalue weighted by Crippen LogP contribution is 2.14. The zero-order chi connectivity index (χ0) is 17.6. The second-order valence-electron chi connectivity index (χ2n) is 5.42. The highest BCUT2D eigenvalue weighted by atomic mass is 19.1. The quantitative estimate of drug-likeness (QED) is 0.744. The highest BCUT2D eigenvalue weighted by Gasteiger charge is 2.09. The maximum absolute atomic E-state index is 13.1. The van der Waals surface area contributed by atoms with Crippen LogP contribution in [0.4, 0.5) is 4.39 Å². The third kappa shape index (κ3) is 4.41. The van der Waals surface area contributed by atoms with Crippen LogP contribution in [0, 0.1) is 5.82 Å². The maximum Gasteiger partial charge on any atom is 0.267 e. The van der Waals surface area contributed by atoms with Crippen molar-refractivity contribution >= 4 is 5.91 Å². The first-order valence-electron chi connectivity index (χ1n) is 7.75. The van der Waals surface area contributed by atoms with E-state index in [9.17, 15) is 14.0 Å². The molecule has 0 unspecified atom stereocenters. The average Bonchev–Trinajstić information content (AvgIpc) is 3.11. The van der Waals surface area contributed by atoms with E-state index in [1.54, 1.807) is 30.3 Å². The number of nitrogens with zero attached hydrogens (tertiary/aromatic N) is 2. The summed E-state index contributed by atoms with van der Waals surface area (Å²) in [4.78, 5) is 23.9.